The molecule has 1 aromatic carbocycles. The molecule has 0 aromatic heterocycles. The highest BCUT2D eigenvalue weighted by Crippen LogP contribution is 2.31. The number of guanidine groups is 1. The average Bonchev–Trinajstić information content (AvgIpc) is 2.83. The smallest absolute Gasteiger partial charge is 0.265 e. The van der Waals surface area contributed by atoms with Crippen LogP contribution < -0.4 is 20.3 Å². The summed E-state index contributed by atoms with van der Waals surface area (Å²) in [6.07, 6.45) is 4.46. The van der Waals surface area contributed by atoms with E-state index in [9.17, 15) is 9.59 Å². The van der Waals surface area contributed by atoms with Crippen LogP contribution in [0, 0.1) is 5.92 Å². The number of anilines is 1. The van der Waals surface area contributed by atoms with Crippen LogP contribution in [0.2, 0.25) is 0 Å². The van der Waals surface area contributed by atoms with Crippen LogP contribution in [0.1, 0.15) is 46.0 Å². The van der Waals surface area contributed by atoms with E-state index < -0.39 is 0 Å². The molecule has 9 heteroatoms. The third kappa shape index (κ3) is 7.22. The molecule has 1 saturated heterocycles. The van der Waals surface area contributed by atoms with E-state index in [-0.39, 0.29) is 42.4 Å². The molecule has 2 aliphatic rings. The highest BCUT2D eigenvalue weighted by molar-refractivity contribution is 14.0. The van der Waals surface area contributed by atoms with Gasteiger partial charge in [0, 0.05) is 45.2 Å². The van der Waals surface area contributed by atoms with Gasteiger partial charge >= 0.3 is 0 Å². The number of amides is 2. The Labute approximate surface area is 214 Å². The maximum absolute atomic E-state index is 12.6. The van der Waals surface area contributed by atoms with Gasteiger partial charge in [0.05, 0.1) is 5.69 Å². The van der Waals surface area contributed by atoms with Crippen molar-refractivity contribution in [2.24, 2.45) is 10.9 Å². The quantitative estimate of drug-likeness (QED) is 0.217. The molecule has 0 aliphatic carbocycles. The van der Waals surface area contributed by atoms with Crippen molar-refractivity contribution in [3.63, 3.8) is 0 Å². The Kier molecular flexibility index (Phi) is 11.2. The minimum absolute atomic E-state index is 0. The van der Waals surface area contributed by atoms with Crippen LogP contribution in [0.4, 0.5) is 5.69 Å². The van der Waals surface area contributed by atoms with E-state index in [0.717, 1.165) is 62.6 Å². The number of nitrogens with zero attached hydrogens (tertiary/aromatic N) is 3. The summed E-state index contributed by atoms with van der Waals surface area (Å²) in [5, 5.41) is 6.84. The molecule has 33 heavy (non-hydrogen) atoms. The Morgan fingerprint density at radius 1 is 1.21 bits per heavy atom. The van der Waals surface area contributed by atoms with Crippen molar-refractivity contribution in [2.75, 3.05) is 44.7 Å². The van der Waals surface area contributed by atoms with E-state index in [1.807, 2.05) is 29.2 Å². The summed E-state index contributed by atoms with van der Waals surface area (Å²) in [5.74, 6) is 1.96. The van der Waals surface area contributed by atoms with E-state index in [1.165, 1.54) is 0 Å². The Hall–Kier alpha value is -2.04. The lowest BCUT2D eigenvalue weighted by Gasteiger charge is -2.35. The van der Waals surface area contributed by atoms with Crippen molar-refractivity contribution in [1.82, 2.24) is 15.5 Å². The van der Waals surface area contributed by atoms with Crippen molar-refractivity contribution < 1.29 is 14.3 Å². The van der Waals surface area contributed by atoms with E-state index in [2.05, 4.69) is 29.5 Å². The Balaban J connectivity index is 0.00000385. The predicted octanol–water partition coefficient (Wildman–Crippen LogP) is 3.01. The molecule has 3 rings (SSSR count). The number of benzene rings is 1. The minimum Gasteiger partial charge on any atom is -0.482 e. The summed E-state index contributed by atoms with van der Waals surface area (Å²) in [6.45, 7) is 7.18. The van der Waals surface area contributed by atoms with Gasteiger partial charge in [0.1, 0.15) is 5.75 Å². The number of nitrogens with one attached hydrogen (secondary N) is 2. The Morgan fingerprint density at radius 3 is 2.58 bits per heavy atom. The maximum Gasteiger partial charge on any atom is 0.265 e. The molecule has 2 heterocycles. The van der Waals surface area contributed by atoms with Gasteiger partial charge in [0.2, 0.25) is 5.91 Å². The Morgan fingerprint density at radius 2 is 1.91 bits per heavy atom. The van der Waals surface area contributed by atoms with Crippen molar-refractivity contribution in [3.05, 3.63) is 24.3 Å². The third-order valence-corrected chi connectivity index (χ3v) is 6.37. The first-order valence-electron chi connectivity index (χ1n) is 11.9. The van der Waals surface area contributed by atoms with E-state index in [1.54, 1.807) is 11.9 Å². The number of hydrogen-bond donors (Lipinski definition) is 2. The van der Waals surface area contributed by atoms with E-state index >= 15 is 0 Å². The standard InChI is InChI=1S/C24H37N5O3.HI/c1-4-18(5-2)23(31)28-15-11-19(12-16-28)27-24(25-3)26-13-8-14-29-20-9-6-7-10-21(20)32-17-22(29)30;/h6-7,9-10,18-19H,4-5,8,11-17H2,1-3H3,(H2,25,26,27);1H. The molecule has 0 saturated carbocycles. The van der Waals surface area contributed by atoms with Gasteiger partial charge in [-0.2, -0.15) is 0 Å². The maximum atomic E-state index is 12.6. The number of carbonyl (C=O) groups is 2. The fourth-order valence-electron chi connectivity index (χ4n) is 4.37. The van der Waals surface area contributed by atoms with Crippen LogP contribution in [-0.4, -0.2) is 68.5 Å². The second kappa shape index (κ2) is 13.6. The summed E-state index contributed by atoms with van der Waals surface area (Å²) >= 11 is 0. The molecule has 0 spiro atoms. The van der Waals surface area contributed by atoms with Crippen molar-refractivity contribution in [2.45, 2.75) is 52.0 Å². The molecule has 2 aliphatic heterocycles. The number of fused-ring (bicyclic) bond motifs is 1. The first-order valence-corrected chi connectivity index (χ1v) is 11.9. The van der Waals surface area contributed by atoms with Crippen LogP contribution in [0.3, 0.4) is 0 Å². The summed E-state index contributed by atoms with van der Waals surface area (Å²) in [4.78, 5) is 33.0. The predicted molar refractivity (Wildman–Crippen MR) is 142 cm³/mol. The number of ether oxygens (including phenoxy) is 1. The van der Waals surface area contributed by atoms with Gasteiger partial charge in [-0.3, -0.25) is 14.6 Å². The number of piperidine rings is 1. The van der Waals surface area contributed by atoms with Crippen LogP contribution in [0.5, 0.6) is 5.75 Å². The number of halogens is 1. The lowest BCUT2D eigenvalue weighted by molar-refractivity contribution is -0.136. The fraction of sp³-hybridized carbons (Fsp3) is 0.625. The van der Waals surface area contributed by atoms with Gasteiger partial charge in [0.15, 0.2) is 12.6 Å². The molecule has 1 aromatic rings. The fourth-order valence-corrected chi connectivity index (χ4v) is 4.37. The SMILES string of the molecule is CCC(CC)C(=O)N1CCC(NC(=NC)NCCCN2C(=O)COc3ccccc32)CC1.I. The molecule has 184 valence electrons. The van der Waals surface area contributed by atoms with Crippen LogP contribution in [-0.2, 0) is 9.59 Å². The normalized spacial score (nSPS) is 16.7. The first kappa shape index (κ1) is 27.2. The van der Waals surface area contributed by atoms with Crippen LogP contribution >= 0.6 is 24.0 Å². The lowest BCUT2D eigenvalue weighted by atomic mass is 9.98. The summed E-state index contributed by atoms with van der Waals surface area (Å²) in [7, 11) is 1.77. The van der Waals surface area contributed by atoms with Crippen LogP contribution in [0.15, 0.2) is 29.3 Å². The van der Waals surface area contributed by atoms with Crippen molar-refractivity contribution in [3.8, 4) is 5.75 Å². The van der Waals surface area contributed by atoms with Gasteiger partial charge in [-0.1, -0.05) is 26.0 Å². The monoisotopic (exact) mass is 571 g/mol. The molecular weight excluding hydrogens is 533 g/mol. The molecule has 0 atom stereocenters. The van der Waals surface area contributed by atoms with Gasteiger partial charge in [-0.25, -0.2) is 0 Å². The molecule has 2 N–H and O–H groups in total. The molecular formula is C24H38IN5O3. The molecule has 8 nitrogen and oxygen atoms in total. The van der Waals surface area contributed by atoms with E-state index in [0.29, 0.717) is 25.0 Å². The number of para-hydroxylation sites is 2. The molecule has 0 radical (unpaired) electrons. The zero-order valence-corrected chi connectivity index (χ0v) is 22.3. The summed E-state index contributed by atoms with van der Waals surface area (Å²) < 4.78 is 5.50. The third-order valence-electron chi connectivity index (χ3n) is 6.37. The Bertz CT molecular complexity index is 807. The van der Waals surface area contributed by atoms with Gasteiger partial charge in [-0.05, 0) is 44.2 Å². The van der Waals surface area contributed by atoms with Gasteiger partial charge in [-0.15, -0.1) is 24.0 Å². The topological polar surface area (TPSA) is 86.3 Å². The van der Waals surface area contributed by atoms with Crippen molar-refractivity contribution >= 4 is 47.4 Å². The van der Waals surface area contributed by atoms with Crippen molar-refractivity contribution in [1.29, 1.82) is 0 Å². The number of aliphatic imine (C=N–C) groups is 1. The van der Waals surface area contributed by atoms with Crippen LogP contribution in [0.25, 0.3) is 0 Å². The first-order chi connectivity index (χ1) is 15.6. The molecule has 0 bridgehead atoms. The lowest BCUT2D eigenvalue weighted by Crippen LogP contribution is -2.51. The molecule has 1 fully saturated rings. The minimum atomic E-state index is -0.0131. The van der Waals surface area contributed by atoms with Gasteiger partial charge in [0.25, 0.3) is 5.91 Å². The molecule has 0 unspecified atom stereocenters. The summed E-state index contributed by atoms with van der Waals surface area (Å²) in [6, 6.07) is 7.94. The second-order valence-corrected chi connectivity index (χ2v) is 8.41. The number of carbonyl (C=O) groups excluding carboxylic acids is 2. The van der Waals surface area contributed by atoms with E-state index in [4.69, 9.17) is 4.74 Å². The zero-order valence-electron chi connectivity index (χ0n) is 20.0. The summed E-state index contributed by atoms with van der Waals surface area (Å²) in [5.41, 5.74) is 0.834. The molecule has 2 amide bonds. The number of likely N-dealkylation sites (tertiary alicyclic amines) is 1. The number of hydrogen-bond acceptors (Lipinski definition) is 4. The highest BCUT2D eigenvalue weighted by atomic mass is 127. The number of rotatable bonds is 8. The highest BCUT2D eigenvalue weighted by Gasteiger charge is 2.27. The van der Waals surface area contributed by atoms with Gasteiger partial charge < -0.3 is 25.2 Å². The second-order valence-electron chi connectivity index (χ2n) is 8.41. The zero-order chi connectivity index (χ0) is 22.9. The average molecular weight is 572 g/mol. The largest absolute Gasteiger partial charge is 0.482 e.